The fourth-order valence-corrected chi connectivity index (χ4v) is 0. The Bertz CT molecular complexity index is 115. The molecule has 0 aromatic heterocycles. The standard InChI is InChI=1S/3NO3.6H2O.Sc/c3*2-1(3)4;;;;;;;/h;;;6*1H2;/q3*-1;;;;;;;+3. The summed E-state index contributed by atoms with van der Waals surface area (Å²) in [5.74, 6) is 0. The molecule has 0 aliphatic heterocycles. The summed E-state index contributed by atoms with van der Waals surface area (Å²) in [6.45, 7) is 0. The largest absolute Gasteiger partial charge is 3.00 e. The average Bonchev–Trinajstić information content (AvgIpc) is 1.54. The zero-order chi connectivity index (χ0) is 10.7. The molecule has 0 atom stereocenters. The first-order valence-corrected chi connectivity index (χ1v) is 1.64. The summed E-state index contributed by atoms with van der Waals surface area (Å²) >= 11 is 0. The molecule has 0 aromatic rings. The summed E-state index contributed by atoms with van der Waals surface area (Å²) in [5, 5.41) is 44.2. The van der Waals surface area contributed by atoms with Crippen molar-refractivity contribution in [2.45, 2.75) is 0 Å². The van der Waals surface area contributed by atoms with Gasteiger partial charge in [-0.05, 0) is 0 Å². The van der Waals surface area contributed by atoms with Gasteiger partial charge in [-0.3, -0.25) is 0 Å². The molecule has 0 aliphatic carbocycles. The molecule has 18 nitrogen and oxygen atoms in total. The van der Waals surface area contributed by atoms with Crippen molar-refractivity contribution in [1.82, 2.24) is 0 Å². The zero-order valence-corrected chi connectivity index (χ0v) is 10.4. The van der Waals surface area contributed by atoms with Crippen LogP contribution in [0.4, 0.5) is 0 Å². The summed E-state index contributed by atoms with van der Waals surface area (Å²) in [6.07, 6.45) is 0. The van der Waals surface area contributed by atoms with Crippen LogP contribution in [0, 0.1) is 46.0 Å². The molecule has 0 unspecified atom stereocenters. The van der Waals surface area contributed by atoms with Gasteiger partial charge in [0.15, 0.2) is 0 Å². The molecule has 12 N–H and O–H groups in total. The van der Waals surface area contributed by atoms with Gasteiger partial charge in [0.2, 0.25) is 0 Å². The number of hydrogen-bond donors (Lipinski definition) is 0. The van der Waals surface area contributed by atoms with Crippen LogP contribution in [0.5, 0.6) is 0 Å². The second-order valence-corrected chi connectivity index (χ2v) is 0.671. The van der Waals surface area contributed by atoms with Crippen LogP contribution in [0.1, 0.15) is 0 Å². The average molecular weight is 339 g/mol. The molecule has 19 heteroatoms. The van der Waals surface area contributed by atoms with Crippen molar-refractivity contribution >= 4 is 0 Å². The normalized spacial score (nSPS) is 3.79. The third kappa shape index (κ3) is 1050. The Morgan fingerprint density at radius 2 is 0.421 bits per heavy atom. The van der Waals surface area contributed by atoms with Crippen LogP contribution in [0.25, 0.3) is 0 Å². The van der Waals surface area contributed by atoms with Crippen LogP contribution >= 0.6 is 0 Å². The first-order valence-electron chi connectivity index (χ1n) is 1.64. The maximum Gasteiger partial charge on any atom is 3.00 e. The van der Waals surface area contributed by atoms with Gasteiger partial charge in [-0.2, -0.15) is 0 Å². The smallest absolute Gasteiger partial charge is 0.412 e. The molecule has 0 aliphatic rings. The first kappa shape index (κ1) is 86.8. The van der Waals surface area contributed by atoms with Crippen LogP contribution in [0.3, 0.4) is 0 Å². The molecule has 0 rings (SSSR count). The first-order chi connectivity index (χ1) is 5.20. The maximum absolute atomic E-state index is 8.25. The van der Waals surface area contributed by atoms with Crippen molar-refractivity contribution in [3.05, 3.63) is 46.0 Å². The summed E-state index contributed by atoms with van der Waals surface area (Å²) in [7, 11) is 0. The van der Waals surface area contributed by atoms with E-state index in [1.54, 1.807) is 0 Å². The van der Waals surface area contributed by atoms with Gasteiger partial charge >= 0.3 is 25.8 Å². The monoisotopic (exact) mass is 339 g/mol. The predicted molar refractivity (Wildman–Crippen MR) is 52.8 cm³/mol. The molecule has 0 fully saturated rings. The minimum atomic E-state index is -1.75. The third-order valence-corrected chi connectivity index (χ3v) is 0. The van der Waals surface area contributed by atoms with E-state index in [4.69, 9.17) is 46.0 Å². The van der Waals surface area contributed by atoms with E-state index in [0.29, 0.717) is 0 Å². The van der Waals surface area contributed by atoms with Gasteiger partial charge in [-0.1, -0.05) is 0 Å². The van der Waals surface area contributed by atoms with E-state index in [1.165, 1.54) is 0 Å². The van der Waals surface area contributed by atoms with Crippen molar-refractivity contribution in [2.24, 2.45) is 0 Å². The van der Waals surface area contributed by atoms with Crippen LogP contribution in [0.2, 0.25) is 0 Å². The fourth-order valence-electron chi connectivity index (χ4n) is 0. The topological polar surface area (TPSA) is 388 Å². The van der Waals surface area contributed by atoms with Gasteiger partial charge in [-0.15, -0.1) is 0 Å². The van der Waals surface area contributed by atoms with Gasteiger partial charge < -0.3 is 78.8 Å². The number of hydrogen-bond acceptors (Lipinski definition) is 9. The van der Waals surface area contributed by atoms with Crippen molar-refractivity contribution in [1.29, 1.82) is 0 Å². The molecular weight excluding hydrogens is 327 g/mol. The van der Waals surface area contributed by atoms with Crippen molar-refractivity contribution < 1.29 is 74.0 Å². The van der Waals surface area contributed by atoms with E-state index in [9.17, 15) is 0 Å². The second-order valence-electron chi connectivity index (χ2n) is 0.671. The van der Waals surface area contributed by atoms with E-state index < -0.39 is 15.3 Å². The van der Waals surface area contributed by atoms with E-state index in [-0.39, 0.29) is 58.7 Å². The Balaban J connectivity index is -0.00000000675. The molecule has 0 saturated carbocycles. The van der Waals surface area contributed by atoms with Crippen molar-refractivity contribution in [3.63, 3.8) is 0 Å². The van der Waals surface area contributed by atoms with Gasteiger partial charge in [-0.25, -0.2) is 0 Å². The summed E-state index contributed by atoms with van der Waals surface area (Å²) < 4.78 is 0. The van der Waals surface area contributed by atoms with Crippen LogP contribution < -0.4 is 0 Å². The summed E-state index contributed by atoms with van der Waals surface area (Å²) in [4.78, 5) is 24.8. The maximum atomic E-state index is 8.25. The Labute approximate surface area is 120 Å². The van der Waals surface area contributed by atoms with E-state index >= 15 is 0 Å². The quantitative estimate of drug-likeness (QED) is 0.299. The van der Waals surface area contributed by atoms with Gasteiger partial charge in [0.1, 0.15) is 0 Å². The molecule has 0 amide bonds. The number of rotatable bonds is 0. The molecule has 0 saturated heterocycles. The van der Waals surface area contributed by atoms with Crippen LogP contribution in [0.15, 0.2) is 0 Å². The van der Waals surface area contributed by atoms with Crippen molar-refractivity contribution in [3.8, 4) is 0 Å². The van der Waals surface area contributed by atoms with Gasteiger partial charge in [0.25, 0.3) is 0 Å². The fraction of sp³-hybridized carbons (Fsp3) is 0. The Morgan fingerprint density at radius 3 is 0.421 bits per heavy atom. The molecule has 19 heavy (non-hydrogen) atoms. The van der Waals surface area contributed by atoms with E-state index in [0.717, 1.165) is 0 Å². The molecule has 0 spiro atoms. The molecule has 0 heterocycles. The molecule has 0 bridgehead atoms. The Kier molecular flexibility index (Phi) is 329. The van der Waals surface area contributed by atoms with E-state index in [1.807, 2.05) is 0 Å². The summed E-state index contributed by atoms with van der Waals surface area (Å²) in [6, 6.07) is 0. The minimum Gasteiger partial charge on any atom is -0.412 e. The molecule has 0 aromatic carbocycles. The Hall–Kier alpha value is -1.77. The molecular formula is H12N3O15Sc. The number of nitrogens with zero attached hydrogens (tertiary/aromatic N) is 3. The second kappa shape index (κ2) is 72.0. The van der Waals surface area contributed by atoms with Crippen LogP contribution in [-0.4, -0.2) is 48.1 Å². The van der Waals surface area contributed by atoms with Gasteiger partial charge in [0.05, 0.1) is 15.3 Å². The van der Waals surface area contributed by atoms with E-state index in [2.05, 4.69) is 0 Å². The Morgan fingerprint density at radius 1 is 0.421 bits per heavy atom. The van der Waals surface area contributed by atoms with Gasteiger partial charge in [0, 0.05) is 0 Å². The molecule has 120 valence electrons. The van der Waals surface area contributed by atoms with Crippen molar-refractivity contribution in [2.75, 3.05) is 0 Å². The summed E-state index contributed by atoms with van der Waals surface area (Å²) in [5.41, 5.74) is 0. The minimum absolute atomic E-state index is 0. The third-order valence-electron chi connectivity index (χ3n) is 0. The molecule has 0 radical (unpaired) electrons. The van der Waals surface area contributed by atoms with Crippen LogP contribution in [-0.2, 0) is 25.8 Å². The SMILES string of the molecule is O.O.O.O.O.O.O=[N+]([O-])[O-].O=[N+]([O-])[O-].O=[N+]([O-])[O-].[Sc+3]. The predicted octanol–water partition coefficient (Wildman–Crippen LogP) is -5.67. The zero-order valence-electron chi connectivity index (χ0n) is 8.59.